The lowest BCUT2D eigenvalue weighted by molar-refractivity contribution is -0.145. The lowest BCUT2D eigenvalue weighted by Crippen LogP contribution is -2.46. The normalized spacial score (nSPS) is 16.9. The Morgan fingerprint density at radius 2 is 2.00 bits per heavy atom. The molecule has 0 aliphatic carbocycles. The van der Waals surface area contributed by atoms with E-state index < -0.39 is 33.7 Å². The summed E-state index contributed by atoms with van der Waals surface area (Å²) in [4.78, 5) is 24.1. The number of phenolic OH excluding ortho intramolecular Hbond substituents is 1. The number of rotatable bonds is 7. The fraction of sp³-hybridized carbons (Fsp3) is 0.600. The highest BCUT2D eigenvalue weighted by atomic mass is 32.2. The lowest BCUT2D eigenvalue weighted by atomic mass is 10.1. The highest BCUT2D eigenvalue weighted by Crippen LogP contribution is 2.32. The molecule has 1 aromatic rings. The summed E-state index contributed by atoms with van der Waals surface area (Å²) in [6, 6.07) is 2.94. The van der Waals surface area contributed by atoms with Crippen molar-refractivity contribution in [2.45, 2.75) is 56.6 Å². The summed E-state index contributed by atoms with van der Waals surface area (Å²) in [7, 11) is -2.78. The monoisotopic (exact) mass is 457 g/mol. The molecule has 11 heteroatoms. The molecule has 1 atom stereocenters. The van der Waals surface area contributed by atoms with Crippen LogP contribution in [0.5, 0.6) is 5.75 Å². The van der Waals surface area contributed by atoms with Gasteiger partial charge in [0.2, 0.25) is 10.0 Å². The zero-order valence-corrected chi connectivity index (χ0v) is 19.1. The maximum Gasteiger partial charge on any atom is 0.407 e. The van der Waals surface area contributed by atoms with Gasteiger partial charge < -0.3 is 25.2 Å². The first-order chi connectivity index (χ1) is 14.5. The summed E-state index contributed by atoms with van der Waals surface area (Å²) in [6.07, 6.45) is 0.717. The smallest absolute Gasteiger partial charge is 0.407 e. The van der Waals surface area contributed by atoms with Crippen LogP contribution in [0, 0.1) is 0 Å². The number of ether oxygens (including phenoxy) is 2. The van der Waals surface area contributed by atoms with Crippen molar-refractivity contribution < 1.29 is 32.6 Å². The first-order valence-corrected chi connectivity index (χ1v) is 11.5. The number of sulfonamides is 1. The summed E-state index contributed by atoms with van der Waals surface area (Å²) in [5.41, 5.74) is -0.310. The highest BCUT2D eigenvalue weighted by molar-refractivity contribution is 7.89. The van der Waals surface area contributed by atoms with Gasteiger partial charge in [0.15, 0.2) is 0 Å². The third-order valence-electron chi connectivity index (χ3n) is 4.59. The van der Waals surface area contributed by atoms with E-state index in [-0.39, 0.29) is 35.8 Å². The molecule has 1 heterocycles. The maximum absolute atomic E-state index is 13.2. The summed E-state index contributed by atoms with van der Waals surface area (Å²) < 4.78 is 37.6. The molecule has 2 rings (SSSR count). The number of nitrogens with zero attached hydrogens (tertiary/aromatic N) is 1. The largest absolute Gasteiger partial charge is 0.508 e. The molecule has 0 fully saturated rings. The number of fused-ring (bicyclic) bond motifs is 1. The van der Waals surface area contributed by atoms with E-state index in [4.69, 9.17) is 9.47 Å². The minimum Gasteiger partial charge on any atom is -0.508 e. The molecule has 3 N–H and O–H groups in total. The third kappa shape index (κ3) is 6.73. The fourth-order valence-corrected chi connectivity index (χ4v) is 4.99. The van der Waals surface area contributed by atoms with Crippen LogP contribution in [-0.4, -0.2) is 68.3 Å². The number of hydrogen-bond donors (Lipinski definition) is 3. The Labute approximate surface area is 182 Å². The molecule has 1 amide bonds. The number of unbranched alkanes of at least 4 members (excludes halogenated alkanes) is 1. The number of phenols is 1. The summed E-state index contributed by atoms with van der Waals surface area (Å²) in [5.74, 6) is -0.706. The predicted molar refractivity (Wildman–Crippen MR) is 114 cm³/mol. The number of amides is 1. The van der Waals surface area contributed by atoms with Gasteiger partial charge in [0.1, 0.15) is 22.3 Å². The van der Waals surface area contributed by atoms with Gasteiger partial charge in [-0.15, -0.1) is 0 Å². The van der Waals surface area contributed by atoms with Gasteiger partial charge in [-0.2, -0.15) is 4.31 Å². The highest BCUT2D eigenvalue weighted by Gasteiger charge is 2.38. The summed E-state index contributed by atoms with van der Waals surface area (Å²) >= 11 is 0. The number of esters is 1. The van der Waals surface area contributed by atoms with Crippen molar-refractivity contribution in [3.63, 3.8) is 0 Å². The van der Waals surface area contributed by atoms with E-state index in [0.717, 1.165) is 4.31 Å². The Hall–Kier alpha value is -2.53. The van der Waals surface area contributed by atoms with Crippen LogP contribution >= 0.6 is 0 Å². The standard InChI is InChI=1S/C20H31N3O7S/c1-20(2,3)30-19(26)22-10-6-5-7-16(18(25)29-4)23-12-11-21-15-13-14(24)8-9-17(15)31(23,27)28/h8-9,13,16,21,24H,5-7,10-12H2,1-4H3,(H,22,26)/t16-/m1/s1. The van der Waals surface area contributed by atoms with Gasteiger partial charge in [0, 0.05) is 25.7 Å². The van der Waals surface area contributed by atoms with Gasteiger partial charge in [-0.25, -0.2) is 13.2 Å². The molecular weight excluding hydrogens is 426 g/mol. The Kier molecular flexibility index (Phi) is 8.13. The first kappa shape index (κ1) is 24.7. The minimum atomic E-state index is -4.00. The van der Waals surface area contributed by atoms with E-state index in [2.05, 4.69) is 10.6 Å². The summed E-state index contributed by atoms with van der Waals surface area (Å²) in [5, 5.41) is 15.3. The molecule has 1 aliphatic rings. The van der Waals surface area contributed by atoms with E-state index >= 15 is 0 Å². The van der Waals surface area contributed by atoms with Crippen molar-refractivity contribution in [1.29, 1.82) is 0 Å². The Morgan fingerprint density at radius 1 is 1.29 bits per heavy atom. The number of anilines is 1. The maximum atomic E-state index is 13.2. The van der Waals surface area contributed by atoms with Gasteiger partial charge in [-0.3, -0.25) is 4.79 Å². The average molecular weight is 458 g/mol. The van der Waals surface area contributed by atoms with E-state index in [0.29, 0.717) is 19.4 Å². The number of carbonyl (C=O) groups excluding carboxylic acids is 2. The Morgan fingerprint density at radius 3 is 2.65 bits per heavy atom. The Balaban J connectivity index is 2.06. The van der Waals surface area contributed by atoms with Crippen LogP contribution in [0.25, 0.3) is 0 Å². The van der Waals surface area contributed by atoms with Crippen molar-refractivity contribution in [2.75, 3.05) is 32.1 Å². The zero-order valence-electron chi connectivity index (χ0n) is 18.3. The van der Waals surface area contributed by atoms with Gasteiger partial charge in [0.25, 0.3) is 0 Å². The number of carbonyl (C=O) groups is 2. The molecule has 1 aromatic carbocycles. The van der Waals surface area contributed by atoms with Crippen LogP contribution in [-0.2, 0) is 24.3 Å². The van der Waals surface area contributed by atoms with Crippen molar-refractivity contribution in [3.8, 4) is 5.75 Å². The van der Waals surface area contributed by atoms with Gasteiger partial charge in [-0.1, -0.05) is 0 Å². The van der Waals surface area contributed by atoms with Gasteiger partial charge >= 0.3 is 12.1 Å². The lowest BCUT2D eigenvalue weighted by Gasteiger charge is -2.27. The molecule has 0 aromatic heterocycles. The molecular formula is C20H31N3O7S. The van der Waals surface area contributed by atoms with Crippen molar-refractivity contribution in [1.82, 2.24) is 9.62 Å². The van der Waals surface area contributed by atoms with Crippen molar-refractivity contribution >= 4 is 27.8 Å². The van der Waals surface area contributed by atoms with E-state index in [1.165, 1.54) is 25.3 Å². The second-order valence-corrected chi connectivity index (χ2v) is 10.0. The number of aromatic hydroxyl groups is 1. The van der Waals surface area contributed by atoms with Crippen molar-refractivity contribution in [3.05, 3.63) is 18.2 Å². The molecule has 0 radical (unpaired) electrons. The second-order valence-electron chi connectivity index (χ2n) is 8.19. The minimum absolute atomic E-state index is 0.0108. The number of nitrogens with one attached hydrogen (secondary N) is 2. The number of hydrogen-bond acceptors (Lipinski definition) is 8. The Bertz CT molecular complexity index is 897. The average Bonchev–Trinajstić information content (AvgIpc) is 2.78. The van der Waals surface area contributed by atoms with Crippen LogP contribution in [0.3, 0.4) is 0 Å². The molecule has 0 bridgehead atoms. The van der Waals surface area contributed by atoms with Crippen LogP contribution < -0.4 is 10.6 Å². The molecule has 31 heavy (non-hydrogen) atoms. The van der Waals surface area contributed by atoms with Crippen LogP contribution in [0.15, 0.2) is 23.1 Å². The van der Waals surface area contributed by atoms with E-state index in [1.807, 2.05) is 0 Å². The quantitative estimate of drug-likeness (QED) is 0.418. The number of methoxy groups -OCH3 is 1. The zero-order chi connectivity index (χ0) is 23.2. The second kappa shape index (κ2) is 10.2. The van der Waals surface area contributed by atoms with Crippen LogP contribution in [0.1, 0.15) is 40.0 Å². The molecule has 174 valence electrons. The van der Waals surface area contributed by atoms with Crippen LogP contribution in [0.4, 0.5) is 10.5 Å². The van der Waals surface area contributed by atoms with Crippen LogP contribution in [0.2, 0.25) is 0 Å². The third-order valence-corrected chi connectivity index (χ3v) is 6.56. The molecule has 1 aliphatic heterocycles. The van der Waals surface area contributed by atoms with Crippen molar-refractivity contribution in [2.24, 2.45) is 0 Å². The fourth-order valence-electron chi connectivity index (χ4n) is 3.23. The molecule has 0 saturated carbocycles. The molecule has 0 unspecified atom stereocenters. The van der Waals surface area contributed by atoms with E-state index in [9.17, 15) is 23.1 Å². The summed E-state index contributed by atoms with van der Waals surface area (Å²) in [6.45, 7) is 5.97. The van der Waals surface area contributed by atoms with E-state index in [1.54, 1.807) is 20.8 Å². The number of alkyl carbamates (subject to hydrolysis) is 1. The topological polar surface area (TPSA) is 134 Å². The molecule has 10 nitrogen and oxygen atoms in total. The predicted octanol–water partition coefficient (Wildman–Crippen LogP) is 2.04. The number of benzene rings is 1. The molecule has 0 saturated heterocycles. The molecule has 0 spiro atoms. The van der Waals surface area contributed by atoms with Gasteiger partial charge in [0.05, 0.1) is 12.8 Å². The van der Waals surface area contributed by atoms with Gasteiger partial charge in [-0.05, 0) is 52.2 Å². The SMILES string of the molecule is COC(=O)[C@@H](CCCCNC(=O)OC(C)(C)C)N1CCNc2cc(O)ccc2S1(=O)=O. The first-order valence-electron chi connectivity index (χ1n) is 10.1.